The molecule has 2 rings (SSSR count). The van der Waals surface area contributed by atoms with Crippen LogP contribution in [0.2, 0.25) is 0 Å². The van der Waals surface area contributed by atoms with E-state index in [0.29, 0.717) is 11.3 Å². The van der Waals surface area contributed by atoms with E-state index in [1.165, 1.54) is 13.0 Å². The summed E-state index contributed by atoms with van der Waals surface area (Å²) in [5.41, 5.74) is 0.620. The summed E-state index contributed by atoms with van der Waals surface area (Å²) in [5, 5.41) is 6.88. The van der Waals surface area contributed by atoms with Gasteiger partial charge in [0.2, 0.25) is 5.82 Å². The molecule has 0 saturated heterocycles. The van der Waals surface area contributed by atoms with E-state index < -0.39 is 15.8 Å². The third kappa shape index (κ3) is 2.33. The molecule has 0 bridgehead atoms. The van der Waals surface area contributed by atoms with E-state index in [-0.39, 0.29) is 10.7 Å². The fourth-order valence-corrected chi connectivity index (χ4v) is 2.70. The molecule has 0 atom stereocenters. The number of benzene rings is 1. The SMILES string of the molecule is Cc1cc(F)ccc1S(=O)(=O)Nc1nonc1C. The maximum atomic E-state index is 12.9. The Balaban J connectivity index is 2.40. The molecule has 1 N–H and O–H groups in total. The van der Waals surface area contributed by atoms with Crippen molar-refractivity contribution in [3.05, 3.63) is 35.3 Å². The lowest BCUT2D eigenvalue weighted by Crippen LogP contribution is -2.15. The first-order valence-corrected chi connectivity index (χ1v) is 6.46. The number of rotatable bonds is 3. The number of hydrogen-bond donors (Lipinski definition) is 1. The largest absolute Gasteiger partial charge is 0.263 e. The zero-order valence-corrected chi connectivity index (χ0v) is 10.5. The first-order chi connectivity index (χ1) is 8.40. The minimum atomic E-state index is -3.83. The predicted molar refractivity (Wildman–Crippen MR) is 61.0 cm³/mol. The molecule has 1 heterocycles. The first-order valence-electron chi connectivity index (χ1n) is 4.98. The van der Waals surface area contributed by atoms with E-state index in [4.69, 9.17) is 0 Å². The lowest BCUT2D eigenvalue weighted by atomic mass is 10.2. The van der Waals surface area contributed by atoms with Crippen molar-refractivity contribution in [3.8, 4) is 0 Å². The number of aromatic nitrogens is 2. The lowest BCUT2D eigenvalue weighted by molar-refractivity contribution is 0.306. The summed E-state index contributed by atoms with van der Waals surface area (Å²) in [6.07, 6.45) is 0. The molecule has 0 fully saturated rings. The molecule has 1 aromatic carbocycles. The Morgan fingerprint density at radius 2 is 2.00 bits per heavy atom. The second-order valence-corrected chi connectivity index (χ2v) is 5.36. The summed E-state index contributed by atoms with van der Waals surface area (Å²) < 4.78 is 43.6. The highest BCUT2D eigenvalue weighted by Gasteiger charge is 2.20. The normalized spacial score (nSPS) is 11.5. The van der Waals surface area contributed by atoms with Crippen LogP contribution in [0.1, 0.15) is 11.3 Å². The molecule has 0 aliphatic rings. The number of nitrogens with one attached hydrogen (secondary N) is 1. The smallest absolute Gasteiger partial charge is 0.259 e. The quantitative estimate of drug-likeness (QED) is 0.917. The second kappa shape index (κ2) is 4.37. The van der Waals surface area contributed by atoms with Crippen LogP contribution in [0.4, 0.5) is 10.2 Å². The molecule has 1 aromatic heterocycles. The number of nitrogens with zero attached hydrogens (tertiary/aromatic N) is 2. The molecule has 96 valence electrons. The van der Waals surface area contributed by atoms with E-state index >= 15 is 0 Å². The fraction of sp³-hybridized carbons (Fsp3) is 0.200. The molecular weight excluding hydrogens is 261 g/mol. The highest BCUT2D eigenvalue weighted by atomic mass is 32.2. The number of hydrogen-bond acceptors (Lipinski definition) is 5. The topological polar surface area (TPSA) is 85.1 Å². The van der Waals surface area contributed by atoms with Crippen LogP contribution in [-0.4, -0.2) is 18.7 Å². The van der Waals surface area contributed by atoms with Crippen molar-refractivity contribution in [1.82, 2.24) is 10.3 Å². The van der Waals surface area contributed by atoms with E-state index in [2.05, 4.69) is 19.7 Å². The maximum absolute atomic E-state index is 12.9. The Morgan fingerprint density at radius 3 is 2.56 bits per heavy atom. The average molecular weight is 271 g/mol. The van der Waals surface area contributed by atoms with E-state index in [1.54, 1.807) is 6.92 Å². The second-order valence-electron chi connectivity index (χ2n) is 3.71. The van der Waals surface area contributed by atoms with Gasteiger partial charge in [0.05, 0.1) is 4.90 Å². The summed E-state index contributed by atoms with van der Waals surface area (Å²) in [7, 11) is -3.83. The molecule has 0 amide bonds. The zero-order valence-electron chi connectivity index (χ0n) is 9.64. The van der Waals surface area contributed by atoms with Gasteiger partial charge in [-0.25, -0.2) is 17.4 Å². The van der Waals surface area contributed by atoms with Crippen molar-refractivity contribution in [2.24, 2.45) is 0 Å². The van der Waals surface area contributed by atoms with Gasteiger partial charge >= 0.3 is 0 Å². The van der Waals surface area contributed by atoms with Gasteiger partial charge in [-0.3, -0.25) is 4.72 Å². The third-order valence-corrected chi connectivity index (χ3v) is 3.81. The highest BCUT2D eigenvalue weighted by Crippen LogP contribution is 2.20. The molecular formula is C10H10FN3O3S. The van der Waals surface area contributed by atoms with Crippen molar-refractivity contribution in [2.45, 2.75) is 18.7 Å². The summed E-state index contributed by atoms with van der Waals surface area (Å²) in [6.45, 7) is 3.05. The first kappa shape index (κ1) is 12.5. The van der Waals surface area contributed by atoms with Crippen LogP contribution in [0.3, 0.4) is 0 Å². The third-order valence-electron chi connectivity index (χ3n) is 2.31. The van der Waals surface area contributed by atoms with E-state index in [1.807, 2.05) is 0 Å². The molecule has 0 unspecified atom stereocenters. The van der Waals surface area contributed by atoms with Gasteiger partial charge in [-0.2, -0.15) is 0 Å². The molecule has 8 heteroatoms. The van der Waals surface area contributed by atoms with E-state index in [9.17, 15) is 12.8 Å². The summed E-state index contributed by atoms with van der Waals surface area (Å²) in [5.74, 6) is -0.482. The summed E-state index contributed by atoms with van der Waals surface area (Å²) in [6, 6.07) is 3.41. The van der Waals surface area contributed by atoms with Gasteiger partial charge in [-0.05, 0) is 42.8 Å². The minimum absolute atomic E-state index is 0.0127. The predicted octanol–water partition coefficient (Wildman–Crippen LogP) is 1.63. The van der Waals surface area contributed by atoms with Gasteiger partial charge in [0, 0.05) is 0 Å². The molecule has 6 nitrogen and oxygen atoms in total. The van der Waals surface area contributed by atoms with Crippen molar-refractivity contribution in [1.29, 1.82) is 0 Å². The van der Waals surface area contributed by atoms with Gasteiger partial charge in [-0.1, -0.05) is 5.16 Å². The maximum Gasteiger partial charge on any atom is 0.263 e. The van der Waals surface area contributed by atoms with Crippen LogP contribution < -0.4 is 4.72 Å². The monoisotopic (exact) mass is 271 g/mol. The molecule has 0 aliphatic carbocycles. The van der Waals surface area contributed by atoms with Crippen LogP contribution in [0.5, 0.6) is 0 Å². The summed E-state index contributed by atoms with van der Waals surface area (Å²) >= 11 is 0. The Morgan fingerprint density at radius 1 is 1.28 bits per heavy atom. The van der Waals surface area contributed by atoms with Crippen LogP contribution >= 0.6 is 0 Å². The molecule has 18 heavy (non-hydrogen) atoms. The molecule has 0 saturated carbocycles. The number of halogens is 1. The summed E-state index contributed by atoms with van der Waals surface area (Å²) in [4.78, 5) is -0.0219. The van der Waals surface area contributed by atoms with Crippen molar-refractivity contribution in [2.75, 3.05) is 4.72 Å². The zero-order chi connectivity index (χ0) is 13.3. The van der Waals surface area contributed by atoms with Crippen molar-refractivity contribution >= 4 is 15.8 Å². The van der Waals surface area contributed by atoms with Crippen LogP contribution in [0, 0.1) is 19.7 Å². The highest BCUT2D eigenvalue weighted by molar-refractivity contribution is 7.92. The van der Waals surface area contributed by atoms with Crippen LogP contribution in [-0.2, 0) is 10.0 Å². The molecule has 0 spiro atoms. The number of aryl methyl sites for hydroxylation is 2. The van der Waals surface area contributed by atoms with Gasteiger partial charge in [0.1, 0.15) is 11.5 Å². The Labute approximate surface area is 103 Å². The van der Waals surface area contributed by atoms with Gasteiger partial charge in [0.25, 0.3) is 10.0 Å². The van der Waals surface area contributed by atoms with Crippen molar-refractivity contribution < 1.29 is 17.4 Å². The van der Waals surface area contributed by atoms with Crippen LogP contribution in [0.25, 0.3) is 0 Å². The fourth-order valence-electron chi connectivity index (χ4n) is 1.42. The Kier molecular flexibility index (Phi) is 3.04. The number of anilines is 1. The van der Waals surface area contributed by atoms with E-state index in [0.717, 1.165) is 12.1 Å². The Hall–Kier alpha value is -1.96. The van der Waals surface area contributed by atoms with Gasteiger partial charge < -0.3 is 0 Å². The average Bonchev–Trinajstić information content (AvgIpc) is 2.63. The lowest BCUT2D eigenvalue weighted by Gasteiger charge is -2.08. The standard InChI is InChI=1S/C10H10FN3O3S/c1-6-5-8(11)3-4-9(6)18(15,16)14-10-7(2)12-17-13-10/h3-5H,1-2H3,(H,13,14). The molecule has 2 aromatic rings. The van der Waals surface area contributed by atoms with Crippen LogP contribution in [0.15, 0.2) is 27.7 Å². The Bertz CT molecular complexity index is 681. The number of sulfonamides is 1. The molecule has 0 aliphatic heterocycles. The minimum Gasteiger partial charge on any atom is -0.259 e. The van der Waals surface area contributed by atoms with Gasteiger partial charge in [-0.15, -0.1) is 0 Å². The van der Waals surface area contributed by atoms with Crippen molar-refractivity contribution in [3.63, 3.8) is 0 Å². The van der Waals surface area contributed by atoms with Gasteiger partial charge in [0.15, 0.2) is 0 Å². The molecule has 0 radical (unpaired) electrons.